The van der Waals surface area contributed by atoms with Gasteiger partial charge in [0.05, 0.1) is 7.11 Å². The summed E-state index contributed by atoms with van der Waals surface area (Å²) in [6, 6.07) is 9.64. The van der Waals surface area contributed by atoms with E-state index in [0.717, 1.165) is 18.7 Å². The van der Waals surface area contributed by atoms with Crippen molar-refractivity contribution >= 4 is 32.7 Å². The third kappa shape index (κ3) is 4.15. The molecule has 3 aromatic rings. The molecule has 8 nitrogen and oxygen atoms in total. The minimum atomic E-state index is -3.80. The van der Waals surface area contributed by atoms with Crippen LogP contribution < -0.4 is 10.1 Å². The Balaban J connectivity index is 1.62. The van der Waals surface area contributed by atoms with Crippen LogP contribution in [0.5, 0.6) is 5.75 Å². The number of benzene rings is 2. The number of carbonyl (C=O) groups excluding carboxylic acids is 1. The predicted molar refractivity (Wildman–Crippen MR) is 117 cm³/mol. The maximum atomic E-state index is 13.0. The Labute approximate surface area is 181 Å². The molecule has 0 spiro atoms. The largest absolute Gasteiger partial charge is 0.495 e. The number of anilines is 1. The summed E-state index contributed by atoms with van der Waals surface area (Å²) in [5.74, 6) is 0.903. The van der Waals surface area contributed by atoms with E-state index in [2.05, 4.69) is 10.3 Å². The van der Waals surface area contributed by atoms with Gasteiger partial charge < -0.3 is 14.5 Å². The van der Waals surface area contributed by atoms with Gasteiger partial charge in [-0.25, -0.2) is 13.4 Å². The number of carbonyl (C=O) groups is 1. The standard InChI is InChI=1S/C22H25N3O5S/c1-4-25(5-2)31(27,28)20-12-15(8-10-19(20)29-3)21(26)23-16-9-11-18-17(13-16)24-22(30-18)14-6-7-14/h8-14H,4-7H2,1-3H3,(H,23,26). The monoisotopic (exact) mass is 443 g/mol. The highest BCUT2D eigenvalue weighted by atomic mass is 32.2. The van der Waals surface area contributed by atoms with Crippen molar-refractivity contribution in [2.75, 3.05) is 25.5 Å². The Morgan fingerprint density at radius 3 is 2.58 bits per heavy atom. The summed E-state index contributed by atoms with van der Waals surface area (Å²) in [7, 11) is -2.39. The van der Waals surface area contributed by atoms with Gasteiger partial charge in [-0.1, -0.05) is 13.8 Å². The SMILES string of the molecule is CCN(CC)S(=O)(=O)c1cc(C(=O)Nc2ccc3oc(C4CC4)nc3c2)ccc1OC. The molecule has 0 unspecified atom stereocenters. The van der Waals surface area contributed by atoms with Crippen molar-refractivity contribution in [2.45, 2.75) is 37.5 Å². The number of fused-ring (bicyclic) bond motifs is 1. The average molecular weight is 444 g/mol. The van der Waals surface area contributed by atoms with Crippen molar-refractivity contribution in [3.05, 3.63) is 47.9 Å². The van der Waals surface area contributed by atoms with E-state index < -0.39 is 15.9 Å². The summed E-state index contributed by atoms with van der Waals surface area (Å²) in [6.07, 6.45) is 2.18. The first-order valence-electron chi connectivity index (χ1n) is 10.3. The number of hydrogen-bond acceptors (Lipinski definition) is 6. The van der Waals surface area contributed by atoms with E-state index >= 15 is 0 Å². The van der Waals surface area contributed by atoms with E-state index in [4.69, 9.17) is 9.15 Å². The van der Waals surface area contributed by atoms with Crippen molar-refractivity contribution in [1.82, 2.24) is 9.29 Å². The lowest BCUT2D eigenvalue weighted by Gasteiger charge is -2.20. The number of hydrogen-bond donors (Lipinski definition) is 1. The number of amides is 1. The second-order valence-electron chi connectivity index (χ2n) is 7.42. The lowest BCUT2D eigenvalue weighted by Crippen LogP contribution is -2.31. The van der Waals surface area contributed by atoms with Crippen LogP contribution >= 0.6 is 0 Å². The molecule has 0 atom stereocenters. The number of ether oxygens (including phenoxy) is 1. The number of sulfonamides is 1. The van der Waals surface area contributed by atoms with Gasteiger partial charge in [0.25, 0.3) is 5.91 Å². The van der Waals surface area contributed by atoms with Crippen LogP contribution in [0.25, 0.3) is 11.1 Å². The first-order valence-corrected chi connectivity index (χ1v) is 11.7. The van der Waals surface area contributed by atoms with Gasteiger partial charge in [0.2, 0.25) is 10.0 Å². The molecule has 1 fully saturated rings. The van der Waals surface area contributed by atoms with Crippen LogP contribution in [0.4, 0.5) is 5.69 Å². The van der Waals surface area contributed by atoms with Crippen molar-refractivity contribution in [2.24, 2.45) is 0 Å². The van der Waals surface area contributed by atoms with Gasteiger partial charge in [0.1, 0.15) is 16.2 Å². The van der Waals surface area contributed by atoms with Gasteiger partial charge in [-0.2, -0.15) is 4.31 Å². The Morgan fingerprint density at radius 1 is 1.19 bits per heavy atom. The van der Waals surface area contributed by atoms with Crippen LogP contribution in [0.3, 0.4) is 0 Å². The minimum absolute atomic E-state index is 0.0348. The zero-order valence-electron chi connectivity index (χ0n) is 17.7. The Morgan fingerprint density at radius 2 is 1.94 bits per heavy atom. The topological polar surface area (TPSA) is 102 Å². The van der Waals surface area contributed by atoms with Gasteiger partial charge in [-0.05, 0) is 49.2 Å². The zero-order valence-corrected chi connectivity index (χ0v) is 18.5. The molecular formula is C22H25N3O5S. The number of rotatable bonds is 8. The van der Waals surface area contributed by atoms with Gasteiger partial charge in [-0.15, -0.1) is 0 Å². The minimum Gasteiger partial charge on any atom is -0.495 e. The highest BCUT2D eigenvalue weighted by molar-refractivity contribution is 7.89. The molecular weight excluding hydrogens is 418 g/mol. The van der Waals surface area contributed by atoms with E-state index in [-0.39, 0.29) is 16.2 Å². The highest BCUT2D eigenvalue weighted by Crippen LogP contribution is 2.40. The van der Waals surface area contributed by atoms with E-state index in [0.29, 0.717) is 35.8 Å². The molecule has 0 bridgehead atoms. The number of nitrogens with one attached hydrogen (secondary N) is 1. The molecule has 1 saturated carbocycles. The molecule has 4 rings (SSSR count). The van der Waals surface area contributed by atoms with Crippen molar-refractivity contribution in [3.63, 3.8) is 0 Å². The maximum Gasteiger partial charge on any atom is 0.255 e. The third-order valence-corrected chi connectivity index (χ3v) is 7.41. The van der Waals surface area contributed by atoms with Crippen LogP contribution in [0.1, 0.15) is 48.9 Å². The Bertz CT molecular complexity index is 1230. The van der Waals surface area contributed by atoms with Crippen molar-refractivity contribution in [1.29, 1.82) is 0 Å². The molecule has 164 valence electrons. The fraction of sp³-hybridized carbons (Fsp3) is 0.364. The van der Waals surface area contributed by atoms with Gasteiger partial charge in [0.15, 0.2) is 11.5 Å². The molecule has 9 heteroatoms. The quantitative estimate of drug-likeness (QED) is 0.565. The molecule has 31 heavy (non-hydrogen) atoms. The molecule has 1 N–H and O–H groups in total. The zero-order chi connectivity index (χ0) is 22.2. The molecule has 1 heterocycles. The predicted octanol–water partition coefficient (Wildman–Crippen LogP) is 4.00. The molecule has 1 amide bonds. The average Bonchev–Trinajstić information content (AvgIpc) is 3.53. The molecule has 0 saturated heterocycles. The Hall–Kier alpha value is -2.91. The van der Waals surface area contributed by atoms with Gasteiger partial charge >= 0.3 is 0 Å². The first kappa shape index (κ1) is 21.3. The third-order valence-electron chi connectivity index (χ3n) is 5.34. The van der Waals surface area contributed by atoms with E-state index in [1.54, 1.807) is 32.0 Å². The molecule has 2 aromatic carbocycles. The fourth-order valence-electron chi connectivity index (χ4n) is 3.45. The highest BCUT2D eigenvalue weighted by Gasteiger charge is 2.29. The number of oxazole rings is 1. The second-order valence-corrected chi connectivity index (χ2v) is 9.32. The van der Waals surface area contributed by atoms with E-state index in [1.807, 2.05) is 0 Å². The molecule has 0 aliphatic heterocycles. The second kappa shape index (κ2) is 8.32. The summed E-state index contributed by atoms with van der Waals surface area (Å²) in [5.41, 5.74) is 2.12. The van der Waals surface area contributed by atoms with E-state index in [1.165, 1.54) is 29.6 Å². The number of nitrogens with zero attached hydrogens (tertiary/aromatic N) is 2. The van der Waals surface area contributed by atoms with Crippen LogP contribution in [0.2, 0.25) is 0 Å². The summed E-state index contributed by atoms with van der Waals surface area (Å²) < 4.78 is 38.3. The summed E-state index contributed by atoms with van der Waals surface area (Å²) in [6.45, 7) is 4.16. The van der Waals surface area contributed by atoms with Crippen LogP contribution in [0.15, 0.2) is 45.7 Å². The first-order chi connectivity index (χ1) is 14.9. The van der Waals surface area contributed by atoms with Crippen LogP contribution in [-0.4, -0.2) is 43.8 Å². The summed E-state index contributed by atoms with van der Waals surface area (Å²) in [5, 5.41) is 2.81. The maximum absolute atomic E-state index is 13.0. The van der Waals surface area contributed by atoms with Crippen molar-refractivity contribution < 1.29 is 22.4 Å². The van der Waals surface area contributed by atoms with Crippen molar-refractivity contribution in [3.8, 4) is 5.75 Å². The smallest absolute Gasteiger partial charge is 0.255 e. The molecule has 0 radical (unpaired) electrons. The number of methoxy groups -OCH3 is 1. The van der Waals surface area contributed by atoms with Gasteiger partial charge in [0, 0.05) is 30.3 Å². The normalized spacial score (nSPS) is 14.2. The van der Waals surface area contributed by atoms with Crippen LogP contribution in [0, 0.1) is 0 Å². The summed E-state index contributed by atoms with van der Waals surface area (Å²) in [4.78, 5) is 17.3. The van der Waals surface area contributed by atoms with E-state index in [9.17, 15) is 13.2 Å². The lowest BCUT2D eigenvalue weighted by atomic mass is 10.2. The molecule has 1 aromatic heterocycles. The Kier molecular flexibility index (Phi) is 5.72. The number of aromatic nitrogens is 1. The van der Waals surface area contributed by atoms with Crippen LogP contribution in [-0.2, 0) is 10.0 Å². The lowest BCUT2D eigenvalue weighted by molar-refractivity contribution is 0.102. The molecule has 1 aliphatic carbocycles. The summed E-state index contributed by atoms with van der Waals surface area (Å²) >= 11 is 0. The van der Waals surface area contributed by atoms with Gasteiger partial charge in [-0.3, -0.25) is 4.79 Å². The molecule has 1 aliphatic rings. The fourth-order valence-corrected chi connectivity index (χ4v) is 5.09.